The Balaban J connectivity index is 1.48. The number of hydrogen-bond donors (Lipinski definition) is 1. The van der Waals surface area contributed by atoms with Crippen LogP contribution in [0.4, 0.5) is 0 Å². The summed E-state index contributed by atoms with van der Waals surface area (Å²) in [6, 6.07) is 7.50. The Morgan fingerprint density at radius 2 is 1.57 bits per heavy atom. The van der Waals surface area contributed by atoms with E-state index in [-0.39, 0.29) is 29.7 Å². The number of carbonyl (C=O) groups is 2. The second-order valence-corrected chi connectivity index (χ2v) is 9.99. The molecule has 2 aliphatic rings. The zero-order chi connectivity index (χ0) is 26.5. The number of aromatic hydroxyl groups is 1. The van der Waals surface area contributed by atoms with Crippen LogP contribution < -0.4 is 14.2 Å². The third-order valence-corrected chi connectivity index (χ3v) is 7.24. The summed E-state index contributed by atoms with van der Waals surface area (Å²) < 4.78 is 23.9. The van der Waals surface area contributed by atoms with Crippen molar-refractivity contribution in [3.05, 3.63) is 46.5 Å². The van der Waals surface area contributed by atoms with Gasteiger partial charge in [-0.25, -0.2) is 4.79 Å². The number of ketones is 1. The molecule has 1 N–H and O–H groups in total. The summed E-state index contributed by atoms with van der Waals surface area (Å²) in [5.74, 6) is 1.72. The molecule has 0 amide bonds. The van der Waals surface area contributed by atoms with Crippen LogP contribution in [0.25, 0.3) is 0 Å². The number of benzene rings is 2. The molecule has 0 saturated heterocycles. The van der Waals surface area contributed by atoms with Crippen molar-refractivity contribution in [2.45, 2.75) is 96.9 Å². The number of aryl methyl sites for hydroxylation is 1. The molecule has 2 aromatic carbocycles. The summed E-state index contributed by atoms with van der Waals surface area (Å²) in [4.78, 5) is 24.0. The molecule has 2 aromatic rings. The van der Waals surface area contributed by atoms with E-state index >= 15 is 0 Å². The first kappa shape index (κ1) is 26.8. The number of carbonyl (C=O) groups excluding carboxylic acids is 2. The number of rotatable bonds is 10. The summed E-state index contributed by atoms with van der Waals surface area (Å²) >= 11 is 0. The molecule has 3 atom stereocenters. The highest BCUT2D eigenvalue weighted by Gasteiger charge is 2.32. The van der Waals surface area contributed by atoms with E-state index in [0.29, 0.717) is 29.7 Å². The molecule has 1 saturated carbocycles. The maximum atomic E-state index is 12.1. The fourth-order valence-electron chi connectivity index (χ4n) is 5.36. The Bertz CT molecular complexity index is 1140. The summed E-state index contributed by atoms with van der Waals surface area (Å²) in [5.41, 5.74) is 3.13. The summed E-state index contributed by atoms with van der Waals surface area (Å²) in [6.45, 7) is 5.61. The minimum absolute atomic E-state index is 0.0154. The van der Waals surface area contributed by atoms with E-state index in [1.54, 1.807) is 12.1 Å². The number of hydrogen-bond acceptors (Lipinski definition) is 7. The third-order valence-electron chi connectivity index (χ3n) is 7.24. The van der Waals surface area contributed by atoms with E-state index in [1.165, 1.54) is 14.0 Å². The first-order valence-corrected chi connectivity index (χ1v) is 13.4. The molecule has 0 radical (unpaired) electrons. The van der Waals surface area contributed by atoms with Gasteiger partial charge in [0.1, 0.15) is 35.2 Å². The quantitative estimate of drug-likeness (QED) is 0.322. The lowest BCUT2D eigenvalue weighted by Crippen LogP contribution is -2.32. The van der Waals surface area contributed by atoms with Crippen molar-refractivity contribution in [2.75, 3.05) is 7.11 Å². The Morgan fingerprint density at radius 3 is 2.19 bits per heavy atom. The smallest absolute Gasteiger partial charge is 0.347 e. The lowest BCUT2D eigenvalue weighted by molar-refractivity contribution is -0.149. The molecule has 7 heteroatoms. The highest BCUT2D eigenvalue weighted by molar-refractivity contribution is 5.97. The number of ether oxygens (including phenoxy) is 4. The zero-order valence-corrected chi connectivity index (χ0v) is 22.3. The van der Waals surface area contributed by atoms with Crippen LogP contribution in [0.3, 0.4) is 0 Å². The van der Waals surface area contributed by atoms with Crippen molar-refractivity contribution in [2.24, 2.45) is 0 Å². The fraction of sp³-hybridized carbons (Fsp3) is 0.533. The van der Waals surface area contributed by atoms with Crippen LogP contribution in [0, 0.1) is 0 Å². The highest BCUT2D eigenvalue weighted by atomic mass is 16.6. The first-order valence-electron chi connectivity index (χ1n) is 13.4. The molecule has 3 unspecified atom stereocenters. The number of phenolic OH excluding ortho intramolecular Hbond substituents is 1. The maximum Gasteiger partial charge on any atom is 0.347 e. The van der Waals surface area contributed by atoms with Gasteiger partial charge in [0, 0.05) is 17.5 Å². The van der Waals surface area contributed by atoms with Crippen LogP contribution in [0.15, 0.2) is 24.3 Å². The van der Waals surface area contributed by atoms with Crippen LogP contribution in [-0.2, 0) is 28.8 Å². The standard InChI is InChI=1S/C30H38O7/c1-5-7-23-25(16-13-22(18(3)31)28(23)32)35-20-11-12-21(17-20)36-26-14-9-19-10-15-27(30(33)34-4)37-29(19)24(26)8-6-2/h9,13-14,16,20-21,27,32H,5-8,10-12,15,17H2,1-4H3. The van der Waals surface area contributed by atoms with Crippen LogP contribution in [0.2, 0.25) is 0 Å². The summed E-state index contributed by atoms with van der Waals surface area (Å²) in [7, 11) is 1.39. The van der Waals surface area contributed by atoms with E-state index in [0.717, 1.165) is 67.6 Å². The molecule has 200 valence electrons. The van der Waals surface area contributed by atoms with Crippen molar-refractivity contribution < 1.29 is 33.6 Å². The molecular weight excluding hydrogens is 472 g/mol. The number of methoxy groups -OCH3 is 1. The van der Waals surface area contributed by atoms with Gasteiger partial charge < -0.3 is 24.1 Å². The first-order chi connectivity index (χ1) is 17.9. The van der Waals surface area contributed by atoms with Gasteiger partial charge >= 0.3 is 5.97 Å². The Hall–Kier alpha value is -3.22. The average molecular weight is 511 g/mol. The van der Waals surface area contributed by atoms with Crippen molar-refractivity contribution in [3.8, 4) is 23.0 Å². The molecule has 0 aromatic heterocycles. The van der Waals surface area contributed by atoms with Gasteiger partial charge in [0.05, 0.1) is 12.7 Å². The van der Waals surface area contributed by atoms with Gasteiger partial charge in [0.2, 0.25) is 0 Å². The molecule has 1 aliphatic heterocycles. The second-order valence-electron chi connectivity index (χ2n) is 9.99. The van der Waals surface area contributed by atoms with Crippen LogP contribution in [0.1, 0.15) is 86.3 Å². The number of esters is 1. The normalized spacial score (nSPS) is 20.6. The van der Waals surface area contributed by atoms with E-state index in [9.17, 15) is 14.7 Å². The van der Waals surface area contributed by atoms with E-state index in [4.69, 9.17) is 18.9 Å². The molecule has 1 fully saturated rings. The van der Waals surface area contributed by atoms with Gasteiger partial charge in [-0.3, -0.25) is 4.79 Å². The van der Waals surface area contributed by atoms with E-state index < -0.39 is 6.10 Å². The largest absolute Gasteiger partial charge is 0.507 e. The van der Waals surface area contributed by atoms with Gasteiger partial charge in [0.25, 0.3) is 0 Å². The Morgan fingerprint density at radius 1 is 0.946 bits per heavy atom. The Labute approximate surface area is 219 Å². The fourth-order valence-corrected chi connectivity index (χ4v) is 5.36. The van der Waals surface area contributed by atoms with Crippen molar-refractivity contribution in [3.63, 3.8) is 0 Å². The van der Waals surface area contributed by atoms with E-state index in [2.05, 4.69) is 6.92 Å². The molecule has 37 heavy (non-hydrogen) atoms. The molecular formula is C30H38O7. The monoisotopic (exact) mass is 510 g/mol. The summed E-state index contributed by atoms with van der Waals surface area (Å²) in [5, 5.41) is 10.7. The van der Waals surface area contributed by atoms with Crippen LogP contribution in [-0.4, -0.2) is 42.3 Å². The number of phenols is 1. The topological polar surface area (TPSA) is 91.3 Å². The number of fused-ring (bicyclic) bond motifs is 1. The second kappa shape index (κ2) is 11.9. The lowest BCUT2D eigenvalue weighted by Gasteiger charge is -2.28. The minimum atomic E-state index is -0.587. The molecule has 4 rings (SSSR count). The predicted octanol–water partition coefficient (Wildman–Crippen LogP) is 5.75. The van der Waals surface area contributed by atoms with Crippen molar-refractivity contribution >= 4 is 11.8 Å². The highest BCUT2D eigenvalue weighted by Crippen LogP contribution is 2.40. The van der Waals surface area contributed by atoms with Crippen LogP contribution >= 0.6 is 0 Å². The maximum absolute atomic E-state index is 12.1. The average Bonchev–Trinajstić information content (AvgIpc) is 3.33. The zero-order valence-electron chi connectivity index (χ0n) is 22.3. The molecule has 1 heterocycles. The van der Waals surface area contributed by atoms with Crippen molar-refractivity contribution in [1.82, 2.24) is 0 Å². The van der Waals surface area contributed by atoms with Gasteiger partial charge in [-0.05, 0) is 69.2 Å². The predicted molar refractivity (Wildman–Crippen MR) is 140 cm³/mol. The summed E-state index contributed by atoms with van der Waals surface area (Å²) in [6.07, 6.45) is 6.31. The van der Waals surface area contributed by atoms with Crippen molar-refractivity contribution in [1.29, 1.82) is 0 Å². The molecule has 0 spiro atoms. The number of Topliss-reactive ketones (excluding diaryl/α,β-unsaturated/α-hetero) is 1. The van der Waals surface area contributed by atoms with Gasteiger partial charge in [-0.15, -0.1) is 0 Å². The van der Waals surface area contributed by atoms with Gasteiger partial charge in [-0.1, -0.05) is 32.8 Å². The Kier molecular flexibility index (Phi) is 8.62. The molecule has 7 nitrogen and oxygen atoms in total. The van der Waals surface area contributed by atoms with E-state index in [1.807, 2.05) is 19.1 Å². The SMILES string of the molecule is CCCc1c(OC2CCC(Oc3ccc4c(c3CCC)OC(C(=O)OC)CC4)C2)ccc(C(C)=O)c1O. The van der Waals surface area contributed by atoms with Gasteiger partial charge in [0.15, 0.2) is 11.9 Å². The third kappa shape index (κ3) is 5.86. The lowest BCUT2D eigenvalue weighted by atomic mass is 9.96. The molecule has 1 aliphatic carbocycles. The van der Waals surface area contributed by atoms with Crippen LogP contribution in [0.5, 0.6) is 23.0 Å². The van der Waals surface area contributed by atoms with Gasteiger partial charge in [-0.2, -0.15) is 0 Å². The molecule has 0 bridgehead atoms. The minimum Gasteiger partial charge on any atom is -0.507 e.